The Morgan fingerprint density at radius 3 is 2.47 bits per heavy atom. The van der Waals surface area contributed by atoms with E-state index in [1.807, 2.05) is 6.92 Å². The van der Waals surface area contributed by atoms with Crippen molar-refractivity contribution in [3.8, 4) is 11.8 Å². The third kappa shape index (κ3) is 8.22. The number of likely N-dealkylation sites (N-methyl/N-ethyl adjacent to an activating group) is 1. The van der Waals surface area contributed by atoms with Gasteiger partial charge in [-0.3, -0.25) is 14.1 Å². The number of fused-ring (bicyclic) bond motifs is 9. The van der Waals surface area contributed by atoms with Crippen LogP contribution in [-0.2, 0) is 23.4 Å². The summed E-state index contributed by atoms with van der Waals surface area (Å²) in [7, 11) is -2.71. The van der Waals surface area contributed by atoms with Crippen LogP contribution in [0.25, 0.3) is 0 Å². The molecule has 7 fully saturated rings. The third-order valence-electron chi connectivity index (χ3n) is 20.3. The van der Waals surface area contributed by atoms with E-state index in [9.17, 15) is 39.3 Å². The minimum atomic E-state index is -4.81. The Balaban J connectivity index is 0.868. The van der Waals surface area contributed by atoms with Crippen LogP contribution in [0.2, 0.25) is 0 Å². The molecule has 3 unspecified atom stereocenters. The topological polar surface area (TPSA) is 174 Å². The van der Waals surface area contributed by atoms with Gasteiger partial charge in [0.2, 0.25) is 0 Å². The number of benzene rings is 1. The number of carbonyl (C=O) groups is 2. The highest BCUT2D eigenvalue weighted by molar-refractivity contribution is 7.46. The molecule has 5 N–H and O–H groups in total. The number of carbonyl (C=O) groups excluding carboxylic acids is 1. The van der Waals surface area contributed by atoms with E-state index >= 15 is 0 Å². The van der Waals surface area contributed by atoms with Gasteiger partial charge in [-0.05, 0) is 177 Å². The Bertz CT molecular complexity index is 2220. The molecular weight excluding hydrogens is 854 g/mol. The number of aliphatic hydroxyl groups excluding tert-OH is 1. The van der Waals surface area contributed by atoms with E-state index in [2.05, 4.69) is 81.8 Å². The molecule has 0 aliphatic heterocycles. The van der Waals surface area contributed by atoms with Crippen molar-refractivity contribution in [3.05, 3.63) is 52.6 Å². The number of phosphoric acid groups is 1. The number of hydrogen-bond donors (Lipinski definition) is 5. The van der Waals surface area contributed by atoms with E-state index in [0.29, 0.717) is 69.3 Å². The molecule has 0 heterocycles. The number of rotatable bonds is 12. The highest BCUT2D eigenvalue weighted by atomic mass is 31.2. The minimum absolute atomic E-state index is 0.00550. The second kappa shape index (κ2) is 17.9. The number of carboxylic acid groups (broad SMARTS) is 1. The number of ether oxygens (including phenoxy) is 1. The molecule has 9 rings (SSSR count). The molecule has 8 aliphatic rings. The number of aliphatic carboxylic acids is 1. The van der Waals surface area contributed by atoms with Gasteiger partial charge in [0.25, 0.3) is 0 Å². The van der Waals surface area contributed by atoms with Crippen molar-refractivity contribution in [2.75, 3.05) is 25.1 Å². The van der Waals surface area contributed by atoms with Gasteiger partial charge in [0, 0.05) is 49.9 Å². The van der Waals surface area contributed by atoms with Crippen LogP contribution in [0.4, 0.5) is 5.69 Å². The molecule has 7 saturated carbocycles. The second-order valence-corrected chi connectivity index (χ2v) is 24.3. The Morgan fingerprint density at radius 1 is 1.00 bits per heavy atom. The summed E-state index contributed by atoms with van der Waals surface area (Å²) in [5.74, 6) is 6.99. The Kier molecular flexibility index (Phi) is 13.0. The second-order valence-electron chi connectivity index (χ2n) is 23.1. The number of aliphatic hydroxyl groups is 2. The van der Waals surface area contributed by atoms with Gasteiger partial charge < -0.3 is 34.7 Å². The third-order valence-corrected chi connectivity index (χ3v) is 20.8. The smallest absolute Gasteiger partial charge is 0.469 e. The molecule has 0 bridgehead atoms. The molecule has 0 radical (unpaired) electrons. The first-order chi connectivity index (χ1) is 31.2. The molecule has 0 amide bonds. The molecule has 1 aromatic rings. The zero-order valence-corrected chi connectivity index (χ0v) is 41.1. The number of ketones is 1. The molecule has 12 heteroatoms. The Labute approximate surface area is 392 Å². The maximum atomic E-state index is 12.6. The van der Waals surface area contributed by atoms with Crippen LogP contribution in [0.1, 0.15) is 149 Å². The van der Waals surface area contributed by atoms with Crippen molar-refractivity contribution in [1.29, 1.82) is 0 Å². The maximum absolute atomic E-state index is 12.6. The van der Waals surface area contributed by atoms with E-state index in [1.165, 1.54) is 22.3 Å². The number of Topliss-reactive ketones (excluding diaryl/α,β-unsaturated/α-hetero) is 1. The Hall–Kier alpha value is -2.81. The highest BCUT2D eigenvalue weighted by Crippen LogP contribution is 2.70. The highest BCUT2D eigenvalue weighted by Gasteiger charge is 2.67. The lowest BCUT2D eigenvalue weighted by Crippen LogP contribution is -2.62. The molecule has 8 aliphatic carbocycles. The van der Waals surface area contributed by atoms with Gasteiger partial charge in [-0.15, -0.1) is 5.92 Å². The van der Waals surface area contributed by atoms with Gasteiger partial charge in [0.1, 0.15) is 11.4 Å². The minimum Gasteiger partial charge on any atom is -0.481 e. The summed E-state index contributed by atoms with van der Waals surface area (Å²) in [5.41, 5.74) is 4.51. The van der Waals surface area contributed by atoms with E-state index in [4.69, 9.17) is 9.26 Å². The zero-order chi connectivity index (χ0) is 47.1. The van der Waals surface area contributed by atoms with Gasteiger partial charge in [0.05, 0.1) is 24.9 Å². The zero-order valence-electron chi connectivity index (χ0n) is 40.2. The van der Waals surface area contributed by atoms with Gasteiger partial charge >= 0.3 is 13.8 Å². The number of phosphoric ester groups is 1. The molecule has 0 aromatic heterocycles. The molecule has 0 saturated heterocycles. The van der Waals surface area contributed by atoms with Crippen LogP contribution >= 0.6 is 7.82 Å². The predicted molar refractivity (Wildman–Crippen MR) is 253 cm³/mol. The van der Waals surface area contributed by atoms with Crippen molar-refractivity contribution in [2.24, 2.45) is 63.6 Å². The summed E-state index contributed by atoms with van der Waals surface area (Å²) < 4.78 is 25.0. The standard InChI is InChI=1S/C54H76NO10P/c1-7-22-54(60)24-21-43-40-15-11-34-27-37(56)14-16-39(34)49(40)41(31-52(43,54)4)33-9-12-36(13-10-33)55(6)25-26-64-38-20-23-51(3)35(28-38)29-46(65-66(61,62)63)50-44-18-17-42(32(2)8-19-48(58)59)53(44,5)47(57)30-45(50)51/h9-13,32,35,38,40-47,50,57,60H,8,14-21,23-31H2,1-6H3,(H,58,59)(H2,61,62,63)/t32-,35+,38+,40?,41-,42?,43?,44+,45+,46-,47+,50+,51+,52+,53-,54+/m1/s1. The summed E-state index contributed by atoms with van der Waals surface area (Å²) in [6, 6.07) is 8.95. The number of anilines is 1. The first kappa shape index (κ1) is 48.2. The average Bonchev–Trinajstić information content (AvgIpc) is 3.76. The SMILES string of the molecule is CC#C[C@]1(O)CCC2C3CC=C4CC(=O)CCC4=C3[C@@H](c3ccc(N(C)CCO[C@H]4CC[C@@]5(C)[C@@H](C4)C[C@@H](OP(=O)(O)O)[C@@H]4[C@@H]5C[C@H](O)[C@]5(C)C([C@H](C)CCC(=O)O)CC[C@@H]45)cc3)C[C@@]21C. The summed E-state index contributed by atoms with van der Waals surface area (Å²) in [6.07, 6.45) is 12.4. The van der Waals surface area contributed by atoms with Crippen molar-refractivity contribution < 1.29 is 48.5 Å². The number of nitrogens with zero attached hydrogens (tertiary/aromatic N) is 1. The van der Waals surface area contributed by atoms with Crippen LogP contribution in [0.15, 0.2) is 47.1 Å². The quantitative estimate of drug-likeness (QED) is 0.0999. The van der Waals surface area contributed by atoms with Gasteiger partial charge in [0.15, 0.2) is 0 Å². The van der Waals surface area contributed by atoms with Gasteiger partial charge in [-0.2, -0.15) is 0 Å². The lowest BCUT2D eigenvalue weighted by atomic mass is 9.43. The lowest BCUT2D eigenvalue weighted by Gasteiger charge is -2.64. The summed E-state index contributed by atoms with van der Waals surface area (Å²) in [6.45, 7) is 11.9. The summed E-state index contributed by atoms with van der Waals surface area (Å²) in [4.78, 5) is 46.8. The van der Waals surface area contributed by atoms with Crippen molar-refractivity contribution in [1.82, 2.24) is 0 Å². The fraction of sp³-hybridized carbons (Fsp3) is 0.741. The monoisotopic (exact) mass is 930 g/mol. The van der Waals surface area contributed by atoms with E-state index in [-0.39, 0.29) is 64.8 Å². The summed E-state index contributed by atoms with van der Waals surface area (Å²) >= 11 is 0. The number of allylic oxidation sites excluding steroid dienone is 4. The molecule has 1 aromatic carbocycles. The molecule has 0 spiro atoms. The van der Waals surface area contributed by atoms with Gasteiger partial charge in [-0.1, -0.05) is 57.4 Å². The first-order valence-electron chi connectivity index (χ1n) is 25.4. The van der Waals surface area contributed by atoms with Crippen LogP contribution in [0, 0.1) is 75.4 Å². The number of carboxylic acids is 1. The molecule has 66 heavy (non-hydrogen) atoms. The molecule has 362 valence electrons. The normalized spacial score (nSPS) is 42.1. The predicted octanol–water partition coefficient (Wildman–Crippen LogP) is 9.38. The molecular formula is C54H76NO10P. The fourth-order valence-electron chi connectivity index (χ4n) is 16.8. The van der Waals surface area contributed by atoms with Crippen LogP contribution in [-0.4, -0.2) is 81.0 Å². The largest absolute Gasteiger partial charge is 0.481 e. The van der Waals surface area contributed by atoms with E-state index < -0.39 is 37.0 Å². The molecule has 16 atom stereocenters. The average molecular weight is 930 g/mol. The van der Waals surface area contributed by atoms with Crippen molar-refractivity contribution >= 4 is 25.3 Å². The van der Waals surface area contributed by atoms with E-state index in [1.54, 1.807) is 0 Å². The molecule has 11 nitrogen and oxygen atoms in total. The van der Waals surface area contributed by atoms with Gasteiger partial charge in [-0.25, -0.2) is 4.57 Å². The van der Waals surface area contributed by atoms with Crippen molar-refractivity contribution in [2.45, 2.75) is 167 Å². The number of hydrogen-bond acceptors (Lipinski definition) is 8. The lowest BCUT2D eigenvalue weighted by molar-refractivity contribution is -0.206. The van der Waals surface area contributed by atoms with E-state index in [0.717, 1.165) is 63.5 Å². The Morgan fingerprint density at radius 2 is 1.76 bits per heavy atom. The van der Waals surface area contributed by atoms with Crippen LogP contribution in [0.3, 0.4) is 0 Å². The fourth-order valence-corrected chi connectivity index (χ4v) is 17.4. The van der Waals surface area contributed by atoms with Crippen LogP contribution in [0.5, 0.6) is 0 Å². The summed E-state index contributed by atoms with van der Waals surface area (Å²) in [5, 5.41) is 33.6. The van der Waals surface area contributed by atoms with Crippen molar-refractivity contribution in [3.63, 3.8) is 0 Å². The first-order valence-corrected chi connectivity index (χ1v) is 26.9. The van der Waals surface area contributed by atoms with Crippen LogP contribution < -0.4 is 4.90 Å². The maximum Gasteiger partial charge on any atom is 0.469 e.